The number of ether oxygens (including phenoxy) is 1. The third-order valence-electron chi connectivity index (χ3n) is 2.56. The molecule has 0 atom stereocenters. The molecule has 0 aliphatic carbocycles. The number of nitrogens with zero attached hydrogens (tertiary/aromatic N) is 1. The fourth-order valence-electron chi connectivity index (χ4n) is 1.78. The summed E-state index contributed by atoms with van der Waals surface area (Å²) in [7, 11) is 0. The van der Waals surface area contributed by atoms with Crippen LogP contribution in [0.3, 0.4) is 0 Å². The Balaban J connectivity index is 3.13. The average Bonchev–Trinajstić information content (AvgIpc) is 2.57. The Kier molecular flexibility index (Phi) is 4.68. The van der Waals surface area contributed by atoms with Gasteiger partial charge in [-0.2, -0.15) is 0 Å². The van der Waals surface area contributed by atoms with Crippen molar-refractivity contribution in [3.05, 3.63) is 23.0 Å². The van der Waals surface area contributed by atoms with Crippen LogP contribution in [0.25, 0.3) is 0 Å². The maximum atomic E-state index is 11.5. The molecule has 3 N–H and O–H groups in total. The summed E-state index contributed by atoms with van der Waals surface area (Å²) in [4.78, 5) is 33.9. The van der Waals surface area contributed by atoms with E-state index in [-0.39, 0.29) is 18.8 Å². The number of amides is 2. The number of hydrogen-bond acceptors (Lipinski definition) is 4. The van der Waals surface area contributed by atoms with Gasteiger partial charge in [-0.1, -0.05) is 0 Å². The van der Waals surface area contributed by atoms with E-state index in [1.165, 1.54) is 11.6 Å². The minimum atomic E-state index is -0.779. The summed E-state index contributed by atoms with van der Waals surface area (Å²) in [6.07, 6.45) is -0.0533. The summed E-state index contributed by atoms with van der Waals surface area (Å²) >= 11 is 0. The lowest BCUT2D eigenvalue weighted by Crippen LogP contribution is -2.31. The maximum Gasteiger partial charge on any atom is 0.331 e. The lowest BCUT2D eigenvalue weighted by Gasteiger charge is -2.11. The molecule has 0 aromatic carbocycles. The van der Waals surface area contributed by atoms with Crippen LogP contribution in [0.4, 0.5) is 4.79 Å². The standard InChI is InChI=1S/C12H17N3O4/c1-4-19-11(17)6-9-5-10(8(3)16)7(2)15(9)14-12(13)18/h5H,4,6H2,1-3H3,(H3,13,14,18). The minimum Gasteiger partial charge on any atom is -0.466 e. The summed E-state index contributed by atoms with van der Waals surface area (Å²) in [6.45, 7) is 5.03. The average molecular weight is 267 g/mol. The van der Waals surface area contributed by atoms with Gasteiger partial charge < -0.3 is 10.5 Å². The molecule has 0 saturated carbocycles. The highest BCUT2D eigenvalue weighted by Gasteiger charge is 2.18. The molecule has 0 spiro atoms. The van der Waals surface area contributed by atoms with Crippen molar-refractivity contribution in [2.24, 2.45) is 5.73 Å². The SMILES string of the molecule is CCOC(=O)Cc1cc(C(C)=O)c(C)n1NC(N)=O. The summed E-state index contributed by atoms with van der Waals surface area (Å²) in [5, 5.41) is 0. The van der Waals surface area contributed by atoms with Gasteiger partial charge in [-0.3, -0.25) is 14.3 Å². The molecule has 0 aliphatic rings. The van der Waals surface area contributed by atoms with E-state index in [0.717, 1.165) is 0 Å². The molecular weight excluding hydrogens is 250 g/mol. The first-order chi connectivity index (χ1) is 8.86. The van der Waals surface area contributed by atoms with Crippen LogP contribution in [0, 0.1) is 6.92 Å². The van der Waals surface area contributed by atoms with Crippen molar-refractivity contribution in [3.8, 4) is 0 Å². The molecule has 2 amide bonds. The molecule has 104 valence electrons. The highest BCUT2D eigenvalue weighted by Crippen LogP contribution is 2.16. The number of rotatable bonds is 5. The number of aromatic nitrogens is 1. The smallest absolute Gasteiger partial charge is 0.331 e. The zero-order chi connectivity index (χ0) is 14.6. The molecule has 0 saturated heterocycles. The molecule has 0 aliphatic heterocycles. The number of nitrogens with two attached hydrogens (primary N) is 1. The highest BCUT2D eigenvalue weighted by molar-refractivity contribution is 5.96. The van der Waals surface area contributed by atoms with Crippen molar-refractivity contribution in [2.75, 3.05) is 12.0 Å². The fraction of sp³-hybridized carbons (Fsp3) is 0.417. The Morgan fingerprint density at radius 1 is 1.42 bits per heavy atom. The van der Waals surface area contributed by atoms with Crippen molar-refractivity contribution in [3.63, 3.8) is 0 Å². The first-order valence-corrected chi connectivity index (χ1v) is 5.81. The van der Waals surface area contributed by atoms with Gasteiger partial charge in [-0.05, 0) is 26.8 Å². The second kappa shape index (κ2) is 6.03. The molecule has 0 radical (unpaired) electrons. The van der Waals surface area contributed by atoms with Gasteiger partial charge in [0.25, 0.3) is 0 Å². The number of esters is 1. The lowest BCUT2D eigenvalue weighted by molar-refractivity contribution is -0.142. The number of nitrogens with one attached hydrogen (secondary N) is 1. The van der Waals surface area contributed by atoms with Gasteiger partial charge in [0, 0.05) is 11.3 Å². The summed E-state index contributed by atoms with van der Waals surface area (Å²) < 4.78 is 6.16. The van der Waals surface area contributed by atoms with Gasteiger partial charge in [0.1, 0.15) is 0 Å². The van der Waals surface area contributed by atoms with E-state index in [9.17, 15) is 14.4 Å². The zero-order valence-electron chi connectivity index (χ0n) is 11.1. The minimum absolute atomic E-state index is 0.0533. The van der Waals surface area contributed by atoms with E-state index in [0.29, 0.717) is 17.0 Å². The molecule has 0 fully saturated rings. The second-order valence-corrected chi connectivity index (χ2v) is 3.98. The Morgan fingerprint density at radius 2 is 2.05 bits per heavy atom. The Hall–Kier alpha value is -2.31. The predicted molar refractivity (Wildman–Crippen MR) is 68.5 cm³/mol. The van der Waals surface area contributed by atoms with Gasteiger partial charge in [0.15, 0.2) is 5.78 Å². The number of carbonyl (C=O) groups excluding carboxylic acids is 3. The first-order valence-electron chi connectivity index (χ1n) is 5.81. The van der Waals surface area contributed by atoms with Crippen LogP contribution >= 0.6 is 0 Å². The topological polar surface area (TPSA) is 103 Å². The van der Waals surface area contributed by atoms with Crippen molar-refractivity contribution in [2.45, 2.75) is 27.2 Å². The van der Waals surface area contributed by atoms with Crippen molar-refractivity contribution < 1.29 is 19.1 Å². The molecule has 7 nitrogen and oxygen atoms in total. The van der Waals surface area contributed by atoms with E-state index in [4.69, 9.17) is 10.5 Å². The second-order valence-electron chi connectivity index (χ2n) is 3.98. The molecule has 0 bridgehead atoms. The van der Waals surface area contributed by atoms with E-state index in [1.54, 1.807) is 19.9 Å². The van der Waals surface area contributed by atoms with Crippen LogP contribution in [0.15, 0.2) is 6.07 Å². The fourth-order valence-corrected chi connectivity index (χ4v) is 1.78. The molecule has 1 heterocycles. The van der Waals surface area contributed by atoms with Crippen LogP contribution in [0.1, 0.15) is 35.6 Å². The van der Waals surface area contributed by atoms with Crippen LogP contribution in [0.2, 0.25) is 0 Å². The lowest BCUT2D eigenvalue weighted by atomic mass is 10.2. The van der Waals surface area contributed by atoms with Crippen LogP contribution in [-0.2, 0) is 16.0 Å². The van der Waals surface area contributed by atoms with Gasteiger partial charge >= 0.3 is 12.0 Å². The summed E-state index contributed by atoms with van der Waals surface area (Å²) in [5.74, 6) is -0.602. The molecule has 7 heteroatoms. The Labute approximate surface area is 110 Å². The third-order valence-corrected chi connectivity index (χ3v) is 2.56. The number of primary amides is 1. The van der Waals surface area contributed by atoms with Gasteiger partial charge in [0.2, 0.25) is 0 Å². The molecule has 1 aromatic rings. The molecule has 19 heavy (non-hydrogen) atoms. The number of hydrogen-bond donors (Lipinski definition) is 2. The zero-order valence-corrected chi connectivity index (χ0v) is 11.1. The third kappa shape index (κ3) is 3.57. The van der Waals surface area contributed by atoms with Crippen LogP contribution < -0.4 is 11.2 Å². The quantitative estimate of drug-likeness (QED) is 0.606. The monoisotopic (exact) mass is 267 g/mol. The van der Waals surface area contributed by atoms with Gasteiger partial charge in [0.05, 0.1) is 18.7 Å². The number of carbonyl (C=O) groups is 3. The molecular formula is C12H17N3O4. The Bertz CT molecular complexity index is 519. The number of urea groups is 1. The summed E-state index contributed by atoms with van der Waals surface area (Å²) in [6, 6.07) is 0.767. The number of ketones is 1. The van der Waals surface area contributed by atoms with Gasteiger partial charge in [-0.25, -0.2) is 10.2 Å². The maximum absolute atomic E-state index is 11.5. The largest absolute Gasteiger partial charge is 0.466 e. The van der Waals surface area contributed by atoms with E-state index < -0.39 is 12.0 Å². The molecule has 0 unspecified atom stereocenters. The van der Waals surface area contributed by atoms with Crippen LogP contribution in [-0.4, -0.2) is 29.1 Å². The summed E-state index contributed by atoms with van der Waals surface area (Å²) in [5.41, 5.74) is 8.81. The normalized spacial score (nSPS) is 10.1. The molecule has 1 aromatic heterocycles. The van der Waals surface area contributed by atoms with Crippen LogP contribution in [0.5, 0.6) is 0 Å². The first kappa shape index (κ1) is 14.7. The highest BCUT2D eigenvalue weighted by atomic mass is 16.5. The Morgan fingerprint density at radius 3 is 2.53 bits per heavy atom. The molecule has 1 rings (SSSR count). The van der Waals surface area contributed by atoms with E-state index >= 15 is 0 Å². The van der Waals surface area contributed by atoms with E-state index in [1.807, 2.05) is 0 Å². The number of Topliss-reactive ketones (excluding diaryl/α,β-unsaturated/α-hetero) is 1. The van der Waals surface area contributed by atoms with Crippen molar-refractivity contribution >= 4 is 17.8 Å². The van der Waals surface area contributed by atoms with Crippen molar-refractivity contribution in [1.82, 2.24) is 4.68 Å². The van der Waals surface area contributed by atoms with Gasteiger partial charge in [-0.15, -0.1) is 0 Å². The predicted octanol–water partition coefficient (Wildman–Crippen LogP) is 0.727. The van der Waals surface area contributed by atoms with Crippen molar-refractivity contribution in [1.29, 1.82) is 0 Å². The van der Waals surface area contributed by atoms with E-state index in [2.05, 4.69) is 5.43 Å².